The van der Waals surface area contributed by atoms with Crippen LogP contribution in [0.5, 0.6) is 0 Å². The van der Waals surface area contributed by atoms with Gasteiger partial charge in [0.05, 0.1) is 12.1 Å². The molecule has 0 aliphatic heterocycles. The number of fused-ring (bicyclic) bond motifs is 1. The maximum absolute atomic E-state index is 12.6. The lowest BCUT2D eigenvalue weighted by molar-refractivity contribution is 0.0956. The number of hydrogen-bond donors (Lipinski definition) is 1. The fourth-order valence-electron chi connectivity index (χ4n) is 2.64. The first kappa shape index (κ1) is 14.7. The predicted molar refractivity (Wildman–Crippen MR) is 84.7 cm³/mol. The largest absolute Gasteiger partial charge is 0.354 e. The zero-order chi connectivity index (χ0) is 15.7. The van der Waals surface area contributed by atoms with Gasteiger partial charge in [-0.1, -0.05) is 18.2 Å². The van der Waals surface area contributed by atoms with Crippen molar-refractivity contribution >= 4 is 16.7 Å². The molecular formula is C16H20N4O2. The van der Waals surface area contributed by atoms with Crippen LogP contribution in [0.3, 0.4) is 0 Å². The van der Waals surface area contributed by atoms with Crippen LogP contribution in [0.15, 0.2) is 29.1 Å². The smallest absolute Gasteiger partial charge is 0.275 e. The monoisotopic (exact) mass is 300 g/mol. The highest BCUT2D eigenvalue weighted by molar-refractivity contribution is 6.04. The Labute approximate surface area is 128 Å². The van der Waals surface area contributed by atoms with Crippen molar-refractivity contribution in [3.05, 3.63) is 40.3 Å². The van der Waals surface area contributed by atoms with E-state index in [2.05, 4.69) is 15.3 Å². The number of aromatic nitrogens is 2. The zero-order valence-electron chi connectivity index (χ0n) is 12.9. The third-order valence-corrected chi connectivity index (χ3v) is 3.95. The second kappa shape index (κ2) is 5.88. The minimum atomic E-state index is -0.283. The third kappa shape index (κ3) is 2.87. The molecule has 0 atom stereocenters. The van der Waals surface area contributed by atoms with Crippen LogP contribution in [-0.2, 0) is 6.67 Å². The van der Waals surface area contributed by atoms with Crippen molar-refractivity contribution in [2.24, 2.45) is 5.92 Å². The van der Waals surface area contributed by atoms with Gasteiger partial charge in [0, 0.05) is 19.0 Å². The fraction of sp³-hybridized carbons (Fsp3) is 0.438. The van der Waals surface area contributed by atoms with E-state index in [0.29, 0.717) is 17.4 Å². The summed E-state index contributed by atoms with van der Waals surface area (Å²) in [7, 11) is 3.54. The molecule has 22 heavy (non-hydrogen) atoms. The van der Waals surface area contributed by atoms with Crippen molar-refractivity contribution in [2.75, 3.05) is 20.6 Å². The molecule has 1 heterocycles. The van der Waals surface area contributed by atoms with Gasteiger partial charge < -0.3 is 5.32 Å². The van der Waals surface area contributed by atoms with E-state index >= 15 is 0 Å². The molecule has 0 spiro atoms. The van der Waals surface area contributed by atoms with Crippen LogP contribution in [0.4, 0.5) is 0 Å². The Bertz CT molecular complexity index is 764. The summed E-state index contributed by atoms with van der Waals surface area (Å²) in [6.45, 7) is 1.35. The van der Waals surface area contributed by atoms with Crippen LogP contribution < -0.4 is 10.9 Å². The number of amides is 1. The quantitative estimate of drug-likeness (QED) is 0.896. The third-order valence-electron chi connectivity index (χ3n) is 3.95. The molecule has 1 aliphatic rings. The summed E-state index contributed by atoms with van der Waals surface area (Å²) in [4.78, 5) is 26.7. The summed E-state index contributed by atoms with van der Waals surface area (Å²) < 4.78 is 1.38. The second-order valence-corrected chi connectivity index (χ2v) is 5.90. The normalized spacial score (nSPS) is 14.5. The van der Waals surface area contributed by atoms with Crippen LogP contribution in [0.2, 0.25) is 0 Å². The molecule has 1 aliphatic carbocycles. The van der Waals surface area contributed by atoms with E-state index in [1.807, 2.05) is 7.05 Å². The van der Waals surface area contributed by atoms with Crippen molar-refractivity contribution in [1.82, 2.24) is 20.0 Å². The lowest BCUT2D eigenvalue weighted by Crippen LogP contribution is -2.35. The van der Waals surface area contributed by atoms with Gasteiger partial charge in [-0.2, -0.15) is 5.10 Å². The van der Waals surface area contributed by atoms with Gasteiger partial charge in [-0.3, -0.25) is 14.5 Å². The van der Waals surface area contributed by atoms with E-state index < -0.39 is 0 Å². The minimum Gasteiger partial charge on any atom is -0.354 e. The van der Waals surface area contributed by atoms with Crippen LogP contribution in [-0.4, -0.2) is 41.2 Å². The highest BCUT2D eigenvalue weighted by Crippen LogP contribution is 2.29. The molecule has 6 nitrogen and oxygen atoms in total. The summed E-state index contributed by atoms with van der Waals surface area (Å²) in [5.41, 5.74) is 0.128. The van der Waals surface area contributed by atoms with Gasteiger partial charge in [0.2, 0.25) is 0 Å². The first-order chi connectivity index (χ1) is 10.6. The molecule has 1 saturated carbocycles. The van der Waals surface area contributed by atoms with Gasteiger partial charge in [0.15, 0.2) is 5.69 Å². The molecule has 1 aromatic carbocycles. The Morgan fingerprint density at radius 3 is 2.68 bits per heavy atom. The number of benzene rings is 1. The molecule has 1 N–H and O–H groups in total. The highest BCUT2D eigenvalue weighted by atomic mass is 16.2. The van der Waals surface area contributed by atoms with Gasteiger partial charge in [0.25, 0.3) is 11.5 Å². The van der Waals surface area contributed by atoms with Crippen LogP contribution in [0.25, 0.3) is 10.8 Å². The Morgan fingerprint density at radius 2 is 2.05 bits per heavy atom. The summed E-state index contributed by atoms with van der Waals surface area (Å²) in [6, 6.07) is 7.10. The molecule has 0 unspecified atom stereocenters. The van der Waals surface area contributed by atoms with Gasteiger partial charge >= 0.3 is 0 Å². The SMILES string of the molecule is CNC(=O)c1nn(CN(C)CC2CC2)c(=O)c2ccccc12. The lowest BCUT2D eigenvalue weighted by atomic mass is 10.1. The number of nitrogens with zero attached hydrogens (tertiary/aromatic N) is 3. The number of rotatable bonds is 5. The number of carbonyl (C=O) groups excluding carboxylic acids is 1. The Balaban J connectivity index is 2.03. The maximum atomic E-state index is 12.6. The van der Waals surface area contributed by atoms with Gasteiger partial charge in [-0.05, 0) is 31.9 Å². The van der Waals surface area contributed by atoms with Crippen molar-refractivity contribution in [2.45, 2.75) is 19.5 Å². The van der Waals surface area contributed by atoms with E-state index in [1.54, 1.807) is 31.3 Å². The van der Waals surface area contributed by atoms with E-state index in [4.69, 9.17) is 0 Å². The standard InChI is InChI=1S/C16H20N4O2/c1-17-15(21)14-12-5-3-4-6-13(12)16(22)20(18-14)10-19(2)9-11-7-8-11/h3-6,11H,7-10H2,1-2H3,(H,17,21). The molecule has 116 valence electrons. The Morgan fingerprint density at radius 1 is 1.36 bits per heavy atom. The fourth-order valence-corrected chi connectivity index (χ4v) is 2.64. The maximum Gasteiger partial charge on any atom is 0.275 e. The summed E-state index contributed by atoms with van der Waals surface area (Å²) in [5.74, 6) is 0.453. The molecule has 1 amide bonds. The van der Waals surface area contributed by atoms with Gasteiger partial charge in [-0.25, -0.2) is 4.68 Å². The van der Waals surface area contributed by atoms with Gasteiger partial charge in [-0.15, -0.1) is 0 Å². The van der Waals surface area contributed by atoms with E-state index in [1.165, 1.54) is 17.5 Å². The number of carbonyl (C=O) groups is 1. The van der Waals surface area contributed by atoms with E-state index in [9.17, 15) is 9.59 Å². The number of nitrogens with one attached hydrogen (secondary N) is 1. The molecule has 6 heteroatoms. The van der Waals surface area contributed by atoms with Crippen molar-refractivity contribution in [3.8, 4) is 0 Å². The van der Waals surface area contributed by atoms with Crippen molar-refractivity contribution in [1.29, 1.82) is 0 Å². The highest BCUT2D eigenvalue weighted by Gasteiger charge is 2.23. The van der Waals surface area contributed by atoms with Gasteiger partial charge in [0.1, 0.15) is 0 Å². The Hall–Kier alpha value is -2.21. The van der Waals surface area contributed by atoms with E-state index in [0.717, 1.165) is 12.5 Å². The topological polar surface area (TPSA) is 67.2 Å². The van der Waals surface area contributed by atoms with Crippen LogP contribution in [0.1, 0.15) is 23.3 Å². The molecule has 0 bridgehead atoms. The molecule has 1 aromatic heterocycles. The van der Waals surface area contributed by atoms with Crippen LogP contribution >= 0.6 is 0 Å². The predicted octanol–water partition coefficient (Wildman–Crippen LogP) is 1.06. The molecule has 3 rings (SSSR count). The van der Waals surface area contributed by atoms with Crippen molar-refractivity contribution in [3.63, 3.8) is 0 Å². The number of hydrogen-bond acceptors (Lipinski definition) is 4. The average Bonchev–Trinajstić information content (AvgIpc) is 3.33. The first-order valence-corrected chi connectivity index (χ1v) is 7.50. The molecular weight excluding hydrogens is 280 g/mol. The first-order valence-electron chi connectivity index (χ1n) is 7.50. The van der Waals surface area contributed by atoms with Crippen molar-refractivity contribution < 1.29 is 4.79 Å². The molecule has 0 radical (unpaired) electrons. The lowest BCUT2D eigenvalue weighted by Gasteiger charge is -2.18. The molecule has 2 aromatic rings. The summed E-state index contributed by atoms with van der Waals surface area (Å²) in [6.07, 6.45) is 2.52. The summed E-state index contributed by atoms with van der Waals surface area (Å²) in [5, 5.41) is 7.99. The Kier molecular flexibility index (Phi) is 3.94. The van der Waals surface area contributed by atoms with E-state index in [-0.39, 0.29) is 17.2 Å². The summed E-state index contributed by atoms with van der Waals surface area (Å²) >= 11 is 0. The average molecular weight is 300 g/mol. The molecule has 0 saturated heterocycles. The second-order valence-electron chi connectivity index (χ2n) is 5.90. The molecule has 1 fully saturated rings. The van der Waals surface area contributed by atoms with Crippen LogP contribution in [0, 0.1) is 5.92 Å². The zero-order valence-corrected chi connectivity index (χ0v) is 12.9. The minimum absolute atomic E-state index is 0.161.